The molecule has 0 unspecified atom stereocenters. The van der Waals surface area contributed by atoms with Crippen LogP contribution >= 0.6 is 11.6 Å². The molecule has 1 amide bonds. The lowest BCUT2D eigenvalue weighted by Gasteiger charge is -2.07. The van der Waals surface area contributed by atoms with Gasteiger partial charge >= 0.3 is 0 Å². The summed E-state index contributed by atoms with van der Waals surface area (Å²) in [6, 6.07) is 14.1. The molecule has 3 aromatic rings. The Labute approximate surface area is 155 Å². The highest BCUT2D eigenvalue weighted by atomic mass is 35.5. The first kappa shape index (κ1) is 16.7. The maximum Gasteiger partial charge on any atom is 0.228 e. The Morgan fingerprint density at radius 2 is 1.81 bits per heavy atom. The number of anilines is 1. The Morgan fingerprint density at radius 3 is 2.50 bits per heavy atom. The highest BCUT2D eigenvalue weighted by molar-refractivity contribution is 6.31. The number of aromatic nitrogens is 2. The van der Waals surface area contributed by atoms with E-state index in [-0.39, 0.29) is 23.6 Å². The van der Waals surface area contributed by atoms with Crippen LogP contribution in [0.3, 0.4) is 0 Å². The van der Waals surface area contributed by atoms with Crippen molar-refractivity contribution in [1.29, 1.82) is 0 Å². The third-order valence-electron chi connectivity index (χ3n) is 4.45. The van der Waals surface area contributed by atoms with Crippen LogP contribution in [0.2, 0.25) is 5.02 Å². The normalized spacial score (nSPS) is 18.4. The molecule has 1 aliphatic carbocycles. The van der Waals surface area contributed by atoms with Crippen LogP contribution in [0.4, 0.5) is 10.1 Å². The fourth-order valence-electron chi connectivity index (χ4n) is 3.03. The maximum atomic E-state index is 14.0. The van der Waals surface area contributed by atoms with E-state index < -0.39 is 0 Å². The lowest BCUT2D eigenvalue weighted by atomic mass is 10.1. The molecular weight excluding hydrogens is 353 g/mol. The van der Waals surface area contributed by atoms with E-state index in [1.165, 1.54) is 6.07 Å². The zero-order valence-corrected chi connectivity index (χ0v) is 14.4. The first-order valence-corrected chi connectivity index (χ1v) is 8.63. The number of carbonyl (C=O) groups is 1. The van der Waals surface area contributed by atoms with E-state index in [4.69, 9.17) is 11.6 Å². The Morgan fingerprint density at radius 1 is 1.08 bits per heavy atom. The Hall–Kier alpha value is -2.79. The first-order chi connectivity index (χ1) is 12.6. The quantitative estimate of drug-likeness (QED) is 0.728. The molecular formula is C20H15ClFN3O. The Bertz CT molecular complexity index is 927. The summed E-state index contributed by atoms with van der Waals surface area (Å²) in [5, 5.41) is 3.15. The average Bonchev–Trinajstić information content (AvgIpc) is 3.43. The van der Waals surface area contributed by atoms with Crippen molar-refractivity contribution in [1.82, 2.24) is 9.97 Å². The van der Waals surface area contributed by atoms with Gasteiger partial charge in [0.2, 0.25) is 5.91 Å². The van der Waals surface area contributed by atoms with Crippen LogP contribution in [0.5, 0.6) is 0 Å². The van der Waals surface area contributed by atoms with Crippen molar-refractivity contribution in [2.75, 3.05) is 5.32 Å². The monoisotopic (exact) mass is 367 g/mol. The molecule has 26 heavy (non-hydrogen) atoms. The van der Waals surface area contributed by atoms with Crippen molar-refractivity contribution in [2.24, 2.45) is 5.92 Å². The maximum absolute atomic E-state index is 14.0. The van der Waals surface area contributed by atoms with Gasteiger partial charge in [0.15, 0.2) is 5.82 Å². The number of hydrogen-bond acceptors (Lipinski definition) is 3. The Kier molecular flexibility index (Phi) is 4.39. The molecule has 0 bridgehead atoms. The van der Waals surface area contributed by atoms with Crippen molar-refractivity contribution >= 4 is 23.2 Å². The summed E-state index contributed by atoms with van der Waals surface area (Å²) in [5.74, 6) is -0.434. The topological polar surface area (TPSA) is 54.9 Å². The summed E-state index contributed by atoms with van der Waals surface area (Å²) in [6.07, 6.45) is 3.72. The predicted molar refractivity (Wildman–Crippen MR) is 98.4 cm³/mol. The van der Waals surface area contributed by atoms with Gasteiger partial charge < -0.3 is 5.32 Å². The number of rotatable bonds is 4. The molecule has 0 spiro atoms. The molecule has 6 heteroatoms. The largest absolute Gasteiger partial charge is 0.323 e. The smallest absolute Gasteiger partial charge is 0.228 e. The van der Waals surface area contributed by atoms with Crippen molar-refractivity contribution in [3.63, 3.8) is 0 Å². The summed E-state index contributed by atoms with van der Waals surface area (Å²) in [6.45, 7) is 0. The van der Waals surface area contributed by atoms with Gasteiger partial charge in [-0.1, -0.05) is 48.0 Å². The van der Waals surface area contributed by atoms with E-state index in [9.17, 15) is 9.18 Å². The van der Waals surface area contributed by atoms with E-state index in [2.05, 4.69) is 15.3 Å². The SMILES string of the molecule is O=C(Nc1cnc(-c2ccccc2)nc1)[C@@H]1C[C@H]1c1c(F)cccc1Cl. The molecule has 1 N–H and O–H groups in total. The molecule has 1 aliphatic rings. The van der Waals surface area contributed by atoms with Gasteiger partial charge in [0, 0.05) is 28.0 Å². The van der Waals surface area contributed by atoms with Crippen LogP contribution in [0.15, 0.2) is 60.9 Å². The number of halogens is 2. The molecule has 0 saturated heterocycles. The van der Waals surface area contributed by atoms with Crippen LogP contribution < -0.4 is 5.32 Å². The first-order valence-electron chi connectivity index (χ1n) is 8.25. The third-order valence-corrected chi connectivity index (χ3v) is 4.78. The highest BCUT2D eigenvalue weighted by Crippen LogP contribution is 2.50. The zero-order chi connectivity index (χ0) is 18.1. The van der Waals surface area contributed by atoms with Gasteiger partial charge in [0.25, 0.3) is 0 Å². The number of carbonyl (C=O) groups excluding carboxylic acids is 1. The second-order valence-electron chi connectivity index (χ2n) is 6.23. The van der Waals surface area contributed by atoms with Gasteiger partial charge in [-0.25, -0.2) is 14.4 Å². The fraction of sp³-hybridized carbons (Fsp3) is 0.150. The molecule has 4 rings (SSSR count). The molecule has 2 atom stereocenters. The minimum absolute atomic E-state index is 0.176. The second-order valence-corrected chi connectivity index (χ2v) is 6.64. The van der Waals surface area contributed by atoms with Crippen molar-refractivity contribution < 1.29 is 9.18 Å². The van der Waals surface area contributed by atoms with Crippen LogP contribution in [-0.4, -0.2) is 15.9 Å². The number of nitrogens with one attached hydrogen (secondary N) is 1. The standard InChI is InChI=1S/C20H15ClFN3O/c21-16-7-4-8-17(22)18(16)14-9-15(14)20(26)25-13-10-23-19(24-11-13)12-5-2-1-3-6-12/h1-8,10-11,14-15H,9H2,(H,25,26)/t14-,15-/m1/s1. The van der Waals surface area contributed by atoms with Crippen molar-refractivity contribution in [3.8, 4) is 11.4 Å². The lowest BCUT2D eigenvalue weighted by molar-refractivity contribution is -0.117. The fourth-order valence-corrected chi connectivity index (χ4v) is 3.34. The van der Waals surface area contributed by atoms with Crippen LogP contribution in [0.25, 0.3) is 11.4 Å². The van der Waals surface area contributed by atoms with E-state index in [0.29, 0.717) is 28.5 Å². The van der Waals surface area contributed by atoms with Gasteiger partial charge in [-0.2, -0.15) is 0 Å². The number of benzene rings is 2. The third kappa shape index (κ3) is 3.30. The number of amides is 1. The predicted octanol–water partition coefficient (Wildman–Crippen LogP) is 4.68. The van der Waals surface area contributed by atoms with Crippen LogP contribution in [-0.2, 0) is 4.79 Å². The Balaban J connectivity index is 1.43. The molecule has 0 aliphatic heterocycles. The lowest BCUT2D eigenvalue weighted by Crippen LogP contribution is -2.15. The van der Waals surface area contributed by atoms with Crippen molar-refractivity contribution in [2.45, 2.75) is 12.3 Å². The van der Waals surface area contributed by atoms with Gasteiger partial charge in [-0.05, 0) is 18.6 Å². The molecule has 1 aromatic heterocycles. The van der Waals surface area contributed by atoms with Crippen LogP contribution in [0.1, 0.15) is 17.9 Å². The molecule has 4 nitrogen and oxygen atoms in total. The summed E-state index contributed by atoms with van der Waals surface area (Å²) in [4.78, 5) is 21.0. The van der Waals surface area contributed by atoms with E-state index in [1.807, 2.05) is 30.3 Å². The molecule has 1 heterocycles. The van der Waals surface area contributed by atoms with Gasteiger partial charge in [0.1, 0.15) is 5.82 Å². The highest BCUT2D eigenvalue weighted by Gasteiger charge is 2.46. The molecule has 0 radical (unpaired) electrons. The van der Waals surface area contributed by atoms with Gasteiger partial charge in [-0.15, -0.1) is 0 Å². The average molecular weight is 368 g/mol. The summed E-state index contributed by atoms with van der Waals surface area (Å²) in [7, 11) is 0. The molecule has 1 saturated carbocycles. The summed E-state index contributed by atoms with van der Waals surface area (Å²) < 4.78 is 14.0. The molecule has 1 fully saturated rings. The van der Waals surface area contributed by atoms with Gasteiger partial charge in [-0.3, -0.25) is 4.79 Å². The van der Waals surface area contributed by atoms with E-state index in [1.54, 1.807) is 24.5 Å². The van der Waals surface area contributed by atoms with Crippen molar-refractivity contribution in [3.05, 3.63) is 77.3 Å². The summed E-state index contributed by atoms with van der Waals surface area (Å²) >= 11 is 6.08. The molecule has 2 aromatic carbocycles. The molecule has 130 valence electrons. The summed E-state index contributed by atoms with van der Waals surface area (Å²) in [5.41, 5.74) is 1.84. The van der Waals surface area contributed by atoms with E-state index in [0.717, 1.165) is 5.56 Å². The number of nitrogens with zero attached hydrogens (tertiary/aromatic N) is 2. The zero-order valence-electron chi connectivity index (χ0n) is 13.7. The van der Waals surface area contributed by atoms with E-state index >= 15 is 0 Å². The minimum Gasteiger partial charge on any atom is -0.323 e. The van der Waals surface area contributed by atoms with Crippen LogP contribution in [0, 0.1) is 11.7 Å². The minimum atomic E-state index is -0.367. The van der Waals surface area contributed by atoms with Gasteiger partial charge in [0.05, 0.1) is 18.1 Å². The number of hydrogen-bond donors (Lipinski definition) is 1. The second kappa shape index (κ2) is 6.84.